The molecule has 4 rings (SSSR count). The van der Waals surface area contributed by atoms with E-state index < -0.39 is 23.9 Å². The maximum absolute atomic E-state index is 13.8. The smallest absolute Gasteiger partial charge is 0.325 e. The van der Waals surface area contributed by atoms with Crippen LogP contribution in [0.4, 0.5) is 16.4 Å². The number of β-lactam (4-membered cyclic amide) rings is 1. The standard InChI is InChI=1S/C28H34ClN7O3/c1-5-8-22(19-9-7-10-20(29)17-19)32-28(39)36-25(27(38)35(4)24-12-14-34(3)33-24)21(26(36)37)15-18-11-13-31-23(16-18)30-6-2/h7,9-14,16-17,21-22,25H,5-6,8,15H2,1-4H3,(H,30,31)(H,32,39)/t21-,22-,25+/m1/s1. The van der Waals surface area contributed by atoms with Gasteiger partial charge in [-0.3, -0.25) is 24.1 Å². The Bertz CT molecular complexity index is 1340. The molecule has 0 unspecified atom stereocenters. The molecule has 0 radical (unpaired) electrons. The summed E-state index contributed by atoms with van der Waals surface area (Å²) in [6.07, 6.45) is 5.14. The molecule has 1 aromatic carbocycles. The molecule has 10 nitrogen and oxygen atoms in total. The highest BCUT2D eigenvalue weighted by molar-refractivity contribution is 6.30. The molecule has 2 N–H and O–H groups in total. The van der Waals surface area contributed by atoms with Crippen molar-refractivity contribution >= 4 is 41.1 Å². The van der Waals surface area contributed by atoms with E-state index in [1.165, 1.54) is 4.90 Å². The highest BCUT2D eigenvalue weighted by Crippen LogP contribution is 2.33. The lowest BCUT2D eigenvalue weighted by Gasteiger charge is -2.45. The second-order valence-electron chi connectivity index (χ2n) is 9.63. The first-order valence-corrected chi connectivity index (χ1v) is 13.5. The lowest BCUT2D eigenvalue weighted by atomic mass is 9.81. The molecule has 0 aliphatic carbocycles. The van der Waals surface area contributed by atoms with Crippen LogP contribution in [-0.4, -0.2) is 57.1 Å². The van der Waals surface area contributed by atoms with Gasteiger partial charge in [0.25, 0.3) is 5.91 Å². The zero-order valence-electron chi connectivity index (χ0n) is 22.6. The van der Waals surface area contributed by atoms with E-state index in [4.69, 9.17) is 11.6 Å². The molecule has 39 heavy (non-hydrogen) atoms. The van der Waals surface area contributed by atoms with Crippen LogP contribution in [0.1, 0.15) is 43.9 Å². The molecule has 3 atom stereocenters. The van der Waals surface area contributed by atoms with Gasteiger partial charge in [-0.1, -0.05) is 37.1 Å². The van der Waals surface area contributed by atoms with Crippen molar-refractivity contribution in [2.75, 3.05) is 23.8 Å². The number of amides is 4. The van der Waals surface area contributed by atoms with Crippen LogP contribution in [0.15, 0.2) is 54.9 Å². The van der Waals surface area contributed by atoms with Gasteiger partial charge in [0.1, 0.15) is 11.9 Å². The Labute approximate surface area is 233 Å². The molecule has 0 saturated carbocycles. The Morgan fingerprint density at radius 2 is 1.97 bits per heavy atom. The average Bonchev–Trinajstić information content (AvgIpc) is 3.35. The fourth-order valence-electron chi connectivity index (χ4n) is 4.84. The number of aromatic nitrogens is 3. The van der Waals surface area contributed by atoms with Crippen molar-refractivity contribution in [1.29, 1.82) is 0 Å². The minimum atomic E-state index is -0.984. The third-order valence-electron chi connectivity index (χ3n) is 6.82. The highest BCUT2D eigenvalue weighted by Gasteiger charge is 2.55. The summed E-state index contributed by atoms with van der Waals surface area (Å²) in [5, 5.41) is 11.0. The number of carbonyl (C=O) groups is 3. The Hall–Kier alpha value is -3.92. The Morgan fingerprint density at radius 1 is 1.18 bits per heavy atom. The summed E-state index contributed by atoms with van der Waals surface area (Å²) in [5.41, 5.74) is 1.68. The van der Waals surface area contributed by atoms with Gasteiger partial charge in [-0.2, -0.15) is 5.10 Å². The van der Waals surface area contributed by atoms with E-state index in [-0.39, 0.29) is 11.9 Å². The molecule has 11 heteroatoms. The number of imide groups is 1. The van der Waals surface area contributed by atoms with Crippen molar-refractivity contribution in [3.63, 3.8) is 0 Å². The molecule has 3 heterocycles. The number of benzene rings is 1. The topological polar surface area (TPSA) is 112 Å². The molecule has 1 aliphatic rings. The number of likely N-dealkylation sites (N-methyl/N-ethyl adjacent to an activating group) is 1. The number of nitrogens with zero attached hydrogens (tertiary/aromatic N) is 5. The predicted molar refractivity (Wildman–Crippen MR) is 150 cm³/mol. The largest absolute Gasteiger partial charge is 0.370 e. The van der Waals surface area contributed by atoms with Crippen molar-refractivity contribution in [2.45, 2.75) is 45.2 Å². The molecule has 1 fully saturated rings. The van der Waals surface area contributed by atoms with Gasteiger partial charge in [-0.05, 0) is 55.2 Å². The molecule has 1 saturated heterocycles. The second-order valence-corrected chi connectivity index (χ2v) is 10.1. The van der Waals surface area contributed by atoms with Crippen LogP contribution >= 0.6 is 11.6 Å². The first kappa shape index (κ1) is 28.1. The SMILES string of the molecule is CCC[C@@H](NC(=O)N1C(=O)[C@H](Cc2ccnc(NCC)c2)[C@H]1C(=O)N(C)c1ccn(C)n1)c1cccc(Cl)c1. The van der Waals surface area contributed by atoms with Crippen LogP contribution in [0.5, 0.6) is 0 Å². The molecular formula is C28H34ClN7O3. The van der Waals surface area contributed by atoms with E-state index in [0.29, 0.717) is 36.0 Å². The summed E-state index contributed by atoms with van der Waals surface area (Å²) in [4.78, 5) is 47.5. The highest BCUT2D eigenvalue weighted by atomic mass is 35.5. The van der Waals surface area contributed by atoms with Crippen molar-refractivity contribution in [3.05, 3.63) is 71.0 Å². The molecular weight excluding hydrogens is 518 g/mol. The first-order valence-electron chi connectivity index (χ1n) is 13.1. The third kappa shape index (κ3) is 6.22. The van der Waals surface area contributed by atoms with E-state index in [9.17, 15) is 14.4 Å². The van der Waals surface area contributed by atoms with Crippen LogP contribution in [0.25, 0.3) is 0 Å². The van der Waals surface area contributed by atoms with Crippen LogP contribution in [0.2, 0.25) is 5.02 Å². The lowest BCUT2D eigenvalue weighted by molar-refractivity contribution is -0.156. The maximum Gasteiger partial charge on any atom is 0.325 e. The zero-order valence-corrected chi connectivity index (χ0v) is 23.4. The summed E-state index contributed by atoms with van der Waals surface area (Å²) in [6.45, 7) is 4.69. The third-order valence-corrected chi connectivity index (χ3v) is 7.06. The number of rotatable bonds is 10. The minimum absolute atomic E-state index is 0.294. The number of pyridine rings is 1. The number of hydrogen-bond acceptors (Lipinski definition) is 6. The van der Waals surface area contributed by atoms with E-state index in [0.717, 1.165) is 22.4 Å². The number of nitrogens with one attached hydrogen (secondary N) is 2. The first-order chi connectivity index (χ1) is 18.7. The number of aryl methyl sites for hydroxylation is 1. The Morgan fingerprint density at radius 3 is 2.64 bits per heavy atom. The monoisotopic (exact) mass is 551 g/mol. The number of halogens is 1. The summed E-state index contributed by atoms with van der Waals surface area (Å²) < 4.78 is 1.59. The van der Waals surface area contributed by atoms with Gasteiger partial charge >= 0.3 is 6.03 Å². The van der Waals surface area contributed by atoms with E-state index in [1.807, 2.05) is 38.1 Å². The van der Waals surface area contributed by atoms with Crippen molar-refractivity contribution in [2.24, 2.45) is 13.0 Å². The van der Waals surface area contributed by atoms with Gasteiger partial charge in [0, 0.05) is 44.1 Å². The van der Waals surface area contributed by atoms with Gasteiger partial charge in [0.15, 0.2) is 5.82 Å². The van der Waals surface area contributed by atoms with Crippen LogP contribution in [-0.2, 0) is 23.1 Å². The maximum atomic E-state index is 13.8. The summed E-state index contributed by atoms with van der Waals surface area (Å²) in [7, 11) is 3.36. The van der Waals surface area contributed by atoms with Crippen molar-refractivity contribution in [1.82, 2.24) is 25.0 Å². The lowest BCUT2D eigenvalue weighted by Crippen LogP contribution is -2.70. The molecule has 2 aromatic heterocycles. The summed E-state index contributed by atoms with van der Waals surface area (Å²) in [5.74, 6) is -0.370. The average molecular weight is 552 g/mol. The van der Waals surface area contributed by atoms with E-state index in [2.05, 4.69) is 20.7 Å². The fraction of sp³-hybridized carbons (Fsp3) is 0.393. The number of urea groups is 1. The quantitative estimate of drug-likeness (QED) is 0.365. The van der Waals surface area contributed by atoms with Crippen LogP contribution in [0, 0.1) is 5.92 Å². The zero-order chi connectivity index (χ0) is 28.1. The number of anilines is 2. The number of carbonyl (C=O) groups excluding carboxylic acids is 3. The van der Waals surface area contributed by atoms with E-state index >= 15 is 0 Å². The Kier molecular flexibility index (Phi) is 8.86. The molecule has 0 bridgehead atoms. The van der Waals surface area contributed by atoms with Gasteiger partial charge in [0.05, 0.1) is 12.0 Å². The van der Waals surface area contributed by atoms with Crippen molar-refractivity contribution in [3.8, 4) is 0 Å². The molecule has 3 aromatic rings. The predicted octanol–water partition coefficient (Wildman–Crippen LogP) is 4.18. The molecule has 4 amide bonds. The molecule has 206 valence electrons. The molecule has 0 spiro atoms. The van der Waals surface area contributed by atoms with Gasteiger partial charge in [-0.15, -0.1) is 0 Å². The fourth-order valence-corrected chi connectivity index (χ4v) is 5.03. The Balaban J connectivity index is 1.60. The van der Waals surface area contributed by atoms with E-state index in [1.54, 1.807) is 49.4 Å². The van der Waals surface area contributed by atoms with Crippen LogP contribution < -0.4 is 15.5 Å². The van der Waals surface area contributed by atoms with Gasteiger partial charge < -0.3 is 10.6 Å². The molecule has 1 aliphatic heterocycles. The van der Waals surface area contributed by atoms with Gasteiger partial charge in [0.2, 0.25) is 5.91 Å². The van der Waals surface area contributed by atoms with Crippen LogP contribution in [0.3, 0.4) is 0 Å². The van der Waals surface area contributed by atoms with Gasteiger partial charge in [-0.25, -0.2) is 9.78 Å². The second kappa shape index (κ2) is 12.3. The normalized spacial score (nSPS) is 17.4. The summed E-state index contributed by atoms with van der Waals surface area (Å²) >= 11 is 6.19. The number of likely N-dealkylation sites (tertiary alicyclic amines) is 1. The number of hydrogen-bond donors (Lipinski definition) is 2. The summed E-state index contributed by atoms with van der Waals surface area (Å²) in [6, 6.07) is 10.7. The minimum Gasteiger partial charge on any atom is -0.370 e. The van der Waals surface area contributed by atoms with Crippen molar-refractivity contribution < 1.29 is 14.4 Å².